The molecule has 1 aromatic carbocycles. The Kier molecular flexibility index (Phi) is 5.27. The number of hydrogen-bond acceptors (Lipinski definition) is 3. The molecule has 6 heteroatoms. The van der Waals surface area contributed by atoms with E-state index in [9.17, 15) is 14.0 Å². The second kappa shape index (κ2) is 7.17. The highest BCUT2D eigenvalue weighted by Crippen LogP contribution is 2.11. The Morgan fingerprint density at radius 3 is 3.00 bits per heavy atom. The fourth-order valence-corrected chi connectivity index (χ4v) is 2.36. The van der Waals surface area contributed by atoms with Crippen molar-refractivity contribution in [3.05, 3.63) is 47.8 Å². The van der Waals surface area contributed by atoms with Gasteiger partial charge in [0.1, 0.15) is 11.9 Å². The van der Waals surface area contributed by atoms with E-state index in [1.165, 1.54) is 23.1 Å². The van der Waals surface area contributed by atoms with Gasteiger partial charge in [-0.3, -0.25) is 9.59 Å². The van der Waals surface area contributed by atoms with Crippen LogP contribution in [0.1, 0.15) is 11.1 Å². The van der Waals surface area contributed by atoms with Gasteiger partial charge in [-0.25, -0.2) is 4.39 Å². The van der Waals surface area contributed by atoms with Crippen LogP contribution in [0, 0.1) is 12.7 Å². The molecule has 1 heterocycles. The third-order valence-corrected chi connectivity index (χ3v) is 3.65. The van der Waals surface area contributed by atoms with Crippen molar-refractivity contribution >= 4 is 11.8 Å². The van der Waals surface area contributed by atoms with Crippen molar-refractivity contribution in [2.75, 3.05) is 19.8 Å². The minimum absolute atomic E-state index is 0.161. The fraction of sp³-hybridized carbons (Fsp3) is 0.375. The quantitative estimate of drug-likeness (QED) is 0.849. The number of nitrogens with zero attached hydrogens (tertiary/aromatic N) is 1. The lowest BCUT2D eigenvalue weighted by Crippen LogP contribution is -2.55. The average molecular weight is 306 g/mol. The van der Waals surface area contributed by atoms with Gasteiger partial charge in [-0.15, -0.1) is 0 Å². The number of halogens is 1. The molecule has 1 unspecified atom stereocenters. The van der Waals surface area contributed by atoms with Crippen LogP contribution in [0.4, 0.5) is 4.39 Å². The monoisotopic (exact) mass is 306 g/mol. The molecule has 22 heavy (non-hydrogen) atoms. The Bertz CT molecular complexity index is 589. The van der Waals surface area contributed by atoms with Crippen LogP contribution in [0.3, 0.4) is 0 Å². The van der Waals surface area contributed by atoms with Crippen LogP contribution in [0.5, 0.6) is 0 Å². The SMILES string of the molecule is C=CC(=O)N1CCOCC1C(=O)NCc1ccc(F)cc1C. The first-order valence-electron chi connectivity index (χ1n) is 7.06. The number of morpholine rings is 1. The van der Waals surface area contributed by atoms with Crippen LogP contribution in [0.25, 0.3) is 0 Å². The summed E-state index contributed by atoms with van der Waals surface area (Å²) in [5, 5.41) is 2.77. The molecule has 1 aliphatic heterocycles. The number of amides is 2. The number of nitrogens with one attached hydrogen (secondary N) is 1. The number of carbonyl (C=O) groups excluding carboxylic acids is 2. The molecular weight excluding hydrogens is 287 g/mol. The molecule has 0 aliphatic carbocycles. The lowest BCUT2D eigenvalue weighted by Gasteiger charge is -2.33. The topological polar surface area (TPSA) is 58.6 Å². The van der Waals surface area contributed by atoms with E-state index in [1.807, 2.05) is 0 Å². The maximum atomic E-state index is 13.1. The van der Waals surface area contributed by atoms with E-state index in [0.29, 0.717) is 13.2 Å². The predicted molar refractivity (Wildman–Crippen MR) is 79.5 cm³/mol. The second-order valence-electron chi connectivity index (χ2n) is 5.12. The number of aryl methyl sites for hydroxylation is 1. The fourth-order valence-electron chi connectivity index (χ4n) is 2.36. The van der Waals surface area contributed by atoms with Crippen molar-refractivity contribution < 1.29 is 18.7 Å². The number of rotatable bonds is 4. The normalized spacial score (nSPS) is 17.9. The third-order valence-electron chi connectivity index (χ3n) is 3.65. The third kappa shape index (κ3) is 3.71. The minimum Gasteiger partial charge on any atom is -0.377 e. The molecule has 1 saturated heterocycles. The van der Waals surface area contributed by atoms with Crippen LogP contribution in [-0.4, -0.2) is 42.5 Å². The summed E-state index contributed by atoms with van der Waals surface area (Å²) in [6, 6.07) is 3.74. The summed E-state index contributed by atoms with van der Waals surface area (Å²) >= 11 is 0. The molecule has 5 nitrogen and oxygen atoms in total. The summed E-state index contributed by atoms with van der Waals surface area (Å²) in [6.45, 7) is 6.42. The number of benzene rings is 1. The van der Waals surface area contributed by atoms with Crippen LogP contribution < -0.4 is 5.32 Å². The van der Waals surface area contributed by atoms with Crippen LogP contribution in [-0.2, 0) is 20.9 Å². The highest BCUT2D eigenvalue weighted by molar-refractivity contribution is 5.92. The Morgan fingerprint density at radius 2 is 2.32 bits per heavy atom. The number of carbonyl (C=O) groups is 2. The standard InChI is InChI=1S/C16H19FN2O3/c1-3-15(20)19-6-7-22-10-14(19)16(21)18-9-12-4-5-13(17)8-11(12)2/h3-5,8,14H,1,6-7,9-10H2,2H3,(H,18,21). The zero-order chi connectivity index (χ0) is 16.1. The van der Waals surface area contributed by atoms with Gasteiger partial charge in [0.25, 0.3) is 0 Å². The van der Waals surface area contributed by atoms with Crippen molar-refractivity contribution in [1.82, 2.24) is 10.2 Å². The molecule has 1 fully saturated rings. The smallest absolute Gasteiger partial charge is 0.246 e. The summed E-state index contributed by atoms with van der Waals surface area (Å²) < 4.78 is 18.3. The first-order valence-corrected chi connectivity index (χ1v) is 7.06. The predicted octanol–water partition coefficient (Wildman–Crippen LogP) is 1.16. The lowest BCUT2D eigenvalue weighted by atomic mass is 10.1. The van der Waals surface area contributed by atoms with Crippen molar-refractivity contribution in [2.45, 2.75) is 19.5 Å². The van der Waals surface area contributed by atoms with Crippen molar-refractivity contribution in [3.8, 4) is 0 Å². The number of hydrogen-bond donors (Lipinski definition) is 1. The molecule has 1 N–H and O–H groups in total. The van der Waals surface area contributed by atoms with Gasteiger partial charge in [-0.05, 0) is 36.3 Å². The summed E-state index contributed by atoms with van der Waals surface area (Å²) in [7, 11) is 0. The Hall–Kier alpha value is -2.21. The van der Waals surface area contributed by atoms with Gasteiger partial charge in [0, 0.05) is 13.1 Å². The molecule has 1 atom stereocenters. The van der Waals surface area contributed by atoms with Gasteiger partial charge in [0.05, 0.1) is 13.2 Å². The highest BCUT2D eigenvalue weighted by Gasteiger charge is 2.31. The maximum Gasteiger partial charge on any atom is 0.246 e. The highest BCUT2D eigenvalue weighted by atomic mass is 19.1. The number of ether oxygens (including phenoxy) is 1. The van der Waals surface area contributed by atoms with E-state index in [-0.39, 0.29) is 30.8 Å². The zero-order valence-corrected chi connectivity index (χ0v) is 12.5. The Labute approximate surface area is 128 Å². The van der Waals surface area contributed by atoms with Gasteiger partial charge in [0.2, 0.25) is 11.8 Å². The molecule has 1 aliphatic rings. The van der Waals surface area contributed by atoms with Gasteiger partial charge in [-0.1, -0.05) is 12.6 Å². The van der Waals surface area contributed by atoms with Crippen LogP contribution >= 0.6 is 0 Å². The molecule has 1 aromatic rings. The summed E-state index contributed by atoms with van der Waals surface area (Å²) in [5.74, 6) is -0.893. The largest absolute Gasteiger partial charge is 0.377 e. The Morgan fingerprint density at radius 1 is 1.55 bits per heavy atom. The van der Waals surface area contributed by atoms with E-state index >= 15 is 0 Å². The molecule has 0 saturated carbocycles. The molecule has 0 spiro atoms. The first-order chi connectivity index (χ1) is 10.5. The molecule has 0 bridgehead atoms. The van der Waals surface area contributed by atoms with E-state index in [4.69, 9.17) is 4.74 Å². The Balaban J connectivity index is 2.01. The van der Waals surface area contributed by atoms with Gasteiger partial charge in [-0.2, -0.15) is 0 Å². The summed E-state index contributed by atoms with van der Waals surface area (Å²) in [5.41, 5.74) is 1.59. The maximum absolute atomic E-state index is 13.1. The molecule has 0 aromatic heterocycles. The summed E-state index contributed by atoms with van der Waals surface area (Å²) in [6.07, 6.45) is 1.19. The van der Waals surface area contributed by atoms with E-state index < -0.39 is 6.04 Å². The lowest BCUT2D eigenvalue weighted by molar-refractivity contribution is -0.145. The van der Waals surface area contributed by atoms with E-state index in [1.54, 1.807) is 13.0 Å². The minimum atomic E-state index is -0.667. The first kappa shape index (κ1) is 16.2. The zero-order valence-electron chi connectivity index (χ0n) is 12.5. The van der Waals surface area contributed by atoms with Crippen molar-refractivity contribution in [3.63, 3.8) is 0 Å². The molecule has 2 amide bonds. The van der Waals surface area contributed by atoms with Gasteiger partial charge >= 0.3 is 0 Å². The van der Waals surface area contributed by atoms with Crippen LogP contribution in [0.2, 0.25) is 0 Å². The van der Waals surface area contributed by atoms with E-state index in [0.717, 1.165) is 11.1 Å². The average Bonchev–Trinajstić information content (AvgIpc) is 2.53. The van der Waals surface area contributed by atoms with Gasteiger partial charge < -0.3 is 15.0 Å². The van der Waals surface area contributed by atoms with Crippen LogP contribution in [0.15, 0.2) is 30.9 Å². The molecule has 118 valence electrons. The summed E-state index contributed by atoms with van der Waals surface area (Å²) in [4.78, 5) is 25.5. The van der Waals surface area contributed by atoms with E-state index in [2.05, 4.69) is 11.9 Å². The van der Waals surface area contributed by atoms with Gasteiger partial charge in [0.15, 0.2) is 0 Å². The molecule has 0 radical (unpaired) electrons. The van der Waals surface area contributed by atoms with Crippen molar-refractivity contribution in [2.24, 2.45) is 0 Å². The second-order valence-corrected chi connectivity index (χ2v) is 5.12. The molecule has 2 rings (SSSR count). The molecular formula is C16H19FN2O3. The van der Waals surface area contributed by atoms with Crippen molar-refractivity contribution in [1.29, 1.82) is 0 Å².